The van der Waals surface area contributed by atoms with Crippen LogP contribution in [-0.4, -0.2) is 27.7 Å². The van der Waals surface area contributed by atoms with E-state index >= 15 is 0 Å². The van der Waals surface area contributed by atoms with Gasteiger partial charge in [0.2, 0.25) is 0 Å². The van der Waals surface area contributed by atoms with Crippen molar-refractivity contribution in [3.8, 4) is 0 Å². The third kappa shape index (κ3) is 5.28. The van der Waals surface area contributed by atoms with E-state index in [-0.39, 0.29) is 11.4 Å². The number of benzene rings is 2. The Labute approximate surface area is 152 Å². The maximum Gasteiger partial charge on any atom is 0.333 e. The van der Waals surface area contributed by atoms with Crippen LogP contribution in [-0.2, 0) is 19.4 Å². The first-order valence-electron chi connectivity index (χ1n) is 8.69. The SMILES string of the molecule is CCOC(=O)C(C)O[Si](c1ccccc1)c1ccc(C(C)(C)C)cc1. The van der Waals surface area contributed by atoms with Gasteiger partial charge in [0.25, 0.3) is 9.04 Å². The summed E-state index contributed by atoms with van der Waals surface area (Å²) in [7, 11) is -1.52. The third-order valence-corrected chi connectivity index (χ3v) is 6.27. The molecule has 1 unspecified atom stereocenters. The maximum absolute atomic E-state index is 12.0. The van der Waals surface area contributed by atoms with Crippen molar-refractivity contribution < 1.29 is 14.0 Å². The van der Waals surface area contributed by atoms with Crippen LogP contribution in [0.2, 0.25) is 0 Å². The highest BCUT2D eigenvalue weighted by Crippen LogP contribution is 2.20. The quantitative estimate of drug-likeness (QED) is 0.590. The number of hydrogen-bond donors (Lipinski definition) is 0. The number of hydrogen-bond acceptors (Lipinski definition) is 3. The van der Waals surface area contributed by atoms with Gasteiger partial charge in [-0.3, -0.25) is 0 Å². The van der Waals surface area contributed by atoms with Crippen LogP contribution in [0.15, 0.2) is 54.6 Å². The van der Waals surface area contributed by atoms with Crippen molar-refractivity contribution in [3.63, 3.8) is 0 Å². The Hall–Kier alpha value is -1.91. The number of esters is 1. The van der Waals surface area contributed by atoms with Gasteiger partial charge < -0.3 is 9.16 Å². The van der Waals surface area contributed by atoms with E-state index in [9.17, 15) is 4.79 Å². The van der Waals surface area contributed by atoms with Gasteiger partial charge in [-0.15, -0.1) is 0 Å². The van der Waals surface area contributed by atoms with E-state index in [1.165, 1.54) is 5.56 Å². The van der Waals surface area contributed by atoms with Crippen LogP contribution in [0.5, 0.6) is 0 Å². The smallest absolute Gasteiger partial charge is 0.333 e. The lowest BCUT2D eigenvalue weighted by Gasteiger charge is -2.22. The minimum atomic E-state index is -1.52. The summed E-state index contributed by atoms with van der Waals surface area (Å²) in [5.74, 6) is -0.313. The van der Waals surface area contributed by atoms with E-state index in [2.05, 4.69) is 57.2 Å². The molecule has 0 aliphatic rings. The summed E-state index contributed by atoms with van der Waals surface area (Å²) in [5, 5.41) is 2.24. The summed E-state index contributed by atoms with van der Waals surface area (Å²) in [6.07, 6.45) is -0.587. The first-order valence-corrected chi connectivity index (χ1v) is 10.1. The highest BCUT2D eigenvalue weighted by atomic mass is 28.3. The van der Waals surface area contributed by atoms with Crippen LogP contribution < -0.4 is 10.4 Å². The predicted molar refractivity (Wildman–Crippen MR) is 104 cm³/mol. The van der Waals surface area contributed by atoms with Crippen LogP contribution in [0.25, 0.3) is 0 Å². The first-order chi connectivity index (χ1) is 11.8. The average Bonchev–Trinajstić information content (AvgIpc) is 2.60. The molecule has 0 spiro atoms. The second-order valence-electron chi connectivity index (χ2n) is 7.03. The molecule has 0 aromatic heterocycles. The zero-order valence-corrected chi connectivity index (χ0v) is 16.7. The van der Waals surface area contributed by atoms with Gasteiger partial charge in [0, 0.05) is 0 Å². The molecular formula is C21H27O3Si. The lowest BCUT2D eigenvalue weighted by Crippen LogP contribution is -2.48. The van der Waals surface area contributed by atoms with Gasteiger partial charge in [-0.2, -0.15) is 0 Å². The number of ether oxygens (including phenoxy) is 1. The molecule has 2 aromatic carbocycles. The van der Waals surface area contributed by atoms with Crippen LogP contribution in [0.1, 0.15) is 40.2 Å². The van der Waals surface area contributed by atoms with Gasteiger partial charge in [0.15, 0.2) is 0 Å². The number of rotatable bonds is 6. The molecule has 0 saturated carbocycles. The van der Waals surface area contributed by atoms with Crippen LogP contribution in [0.3, 0.4) is 0 Å². The minimum absolute atomic E-state index is 0.108. The monoisotopic (exact) mass is 355 g/mol. The molecule has 0 N–H and O–H groups in total. The van der Waals surface area contributed by atoms with Crippen molar-refractivity contribution in [2.45, 2.75) is 46.1 Å². The third-order valence-electron chi connectivity index (χ3n) is 3.96. The molecule has 0 heterocycles. The molecule has 1 radical (unpaired) electrons. The van der Waals surface area contributed by atoms with Gasteiger partial charge in [-0.1, -0.05) is 75.4 Å². The zero-order valence-electron chi connectivity index (χ0n) is 15.7. The van der Waals surface area contributed by atoms with Crippen LogP contribution in [0, 0.1) is 0 Å². The summed E-state index contributed by atoms with van der Waals surface area (Å²) in [6.45, 7) is 10.5. The molecule has 0 fully saturated rings. The fourth-order valence-corrected chi connectivity index (χ4v) is 4.52. The molecule has 0 aliphatic carbocycles. The second-order valence-corrected chi connectivity index (χ2v) is 9.08. The van der Waals surface area contributed by atoms with E-state index in [4.69, 9.17) is 9.16 Å². The summed E-state index contributed by atoms with van der Waals surface area (Å²) < 4.78 is 11.3. The Morgan fingerprint density at radius 3 is 2.08 bits per heavy atom. The van der Waals surface area contributed by atoms with Crippen molar-refractivity contribution in [3.05, 3.63) is 60.2 Å². The Morgan fingerprint density at radius 2 is 1.56 bits per heavy atom. The molecule has 0 amide bonds. The van der Waals surface area contributed by atoms with Gasteiger partial charge in [0.05, 0.1) is 6.61 Å². The molecule has 4 heteroatoms. The number of carbonyl (C=O) groups is 1. The molecular weight excluding hydrogens is 328 g/mol. The Morgan fingerprint density at radius 1 is 1.00 bits per heavy atom. The molecule has 2 aromatic rings. The van der Waals surface area contributed by atoms with Gasteiger partial charge in [-0.05, 0) is 35.2 Å². The molecule has 0 saturated heterocycles. The predicted octanol–water partition coefficient (Wildman–Crippen LogP) is 3.06. The van der Waals surface area contributed by atoms with E-state index in [0.717, 1.165) is 10.4 Å². The lowest BCUT2D eigenvalue weighted by molar-refractivity contribution is -0.150. The average molecular weight is 356 g/mol. The summed E-state index contributed by atoms with van der Waals surface area (Å²) >= 11 is 0. The molecule has 3 nitrogen and oxygen atoms in total. The molecule has 1 atom stereocenters. The Balaban J connectivity index is 2.30. The van der Waals surface area contributed by atoms with Gasteiger partial charge in [0.1, 0.15) is 6.10 Å². The fourth-order valence-electron chi connectivity index (χ4n) is 2.50. The molecule has 0 bridgehead atoms. The largest absolute Gasteiger partial charge is 0.464 e. The van der Waals surface area contributed by atoms with E-state index in [0.29, 0.717) is 6.61 Å². The normalized spacial score (nSPS) is 12.9. The highest BCUT2D eigenvalue weighted by Gasteiger charge is 2.26. The van der Waals surface area contributed by atoms with Crippen molar-refractivity contribution >= 4 is 25.4 Å². The Kier molecular flexibility index (Phi) is 6.56. The van der Waals surface area contributed by atoms with Crippen LogP contribution >= 0.6 is 0 Å². The second kappa shape index (κ2) is 8.45. The van der Waals surface area contributed by atoms with E-state index in [1.54, 1.807) is 13.8 Å². The van der Waals surface area contributed by atoms with Crippen molar-refractivity contribution in [1.82, 2.24) is 0 Å². The highest BCUT2D eigenvalue weighted by molar-refractivity contribution is 6.80. The fraction of sp³-hybridized carbons (Fsp3) is 0.381. The topological polar surface area (TPSA) is 35.5 Å². The molecule has 2 rings (SSSR count). The minimum Gasteiger partial charge on any atom is -0.464 e. The van der Waals surface area contributed by atoms with Crippen LogP contribution in [0.4, 0.5) is 0 Å². The molecule has 25 heavy (non-hydrogen) atoms. The van der Waals surface area contributed by atoms with Crippen molar-refractivity contribution in [2.24, 2.45) is 0 Å². The van der Waals surface area contributed by atoms with Crippen molar-refractivity contribution in [2.75, 3.05) is 6.61 Å². The van der Waals surface area contributed by atoms with Gasteiger partial charge in [-0.25, -0.2) is 4.79 Å². The molecule has 133 valence electrons. The summed E-state index contributed by atoms with van der Waals surface area (Å²) in [6, 6.07) is 18.7. The summed E-state index contributed by atoms with van der Waals surface area (Å²) in [4.78, 5) is 12.0. The van der Waals surface area contributed by atoms with Gasteiger partial charge >= 0.3 is 5.97 Å². The van der Waals surface area contributed by atoms with Crippen molar-refractivity contribution in [1.29, 1.82) is 0 Å². The molecule has 0 aliphatic heterocycles. The standard InChI is InChI=1S/C21H27O3Si/c1-6-23-20(22)16(2)24-25(18-10-8-7-9-11-18)19-14-12-17(13-15-19)21(3,4)5/h7-16H,6H2,1-5H3. The zero-order chi connectivity index (χ0) is 18.4. The first kappa shape index (κ1) is 19.4. The lowest BCUT2D eigenvalue weighted by atomic mass is 9.87. The van der Waals surface area contributed by atoms with E-state index in [1.807, 2.05) is 18.2 Å². The maximum atomic E-state index is 12.0. The van der Waals surface area contributed by atoms with E-state index < -0.39 is 15.1 Å². The Bertz CT molecular complexity index is 675. The number of carbonyl (C=O) groups excluding carboxylic acids is 1. The summed E-state index contributed by atoms with van der Waals surface area (Å²) in [5.41, 5.74) is 1.39.